The van der Waals surface area contributed by atoms with E-state index in [1.165, 1.54) is 12.8 Å². The number of aromatic nitrogens is 3. The van der Waals surface area contributed by atoms with Crippen LogP contribution in [-0.2, 0) is 5.41 Å². The highest BCUT2D eigenvalue weighted by Crippen LogP contribution is 2.62. The smallest absolute Gasteiger partial charge is 0.137 e. The van der Waals surface area contributed by atoms with E-state index in [9.17, 15) is 0 Å². The third-order valence-corrected chi connectivity index (χ3v) is 3.36. The van der Waals surface area contributed by atoms with Gasteiger partial charge in [0.2, 0.25) is 0 Å². The molecule has 0 spiro atoms. The Bertz CT molecular complexity index is 295. The molecule has 64 valence electrons. The number of rotatable bonds is 2. The molecule has 3 rings (SSSR count). The summed E-state index contributed by atoms with van der Waals surface area (Å²) in [6, 6.07) is 0. The first kappa shape index (κ1) is 6.60. The van der Waals surface area contributed by atoms with Crippen LogP contribution in [-0.4, -0.2) is 20.7 Å². The zero-order valence-electron chi connectivity index (χ0n) is 6.88. The second-order valence-electron chi connectivity index (χ2n) is 4.07. The van der Waals surface area contributed by atoms with Crippen molar-refractivity contribution in [2.45, 2.75) is 36.6 Å². The van der Waals surface area contributed by atoms with Gasteiger partial charge >= 0.3 is 0 Å². The molecule has 0 unspecified atom stereocenters. The molecule has 0 aromatic carbocycles. The van der Waals surface area contributed by atoms with Crippen LogP contribution in [0.15, 0.2) is 6.33 Å². The number of nitrogens with one attached hydrogen (secondary N) is 1. The van der Waals surface area contributed by atoms with E-state index >= 15 is 0 Å². The van der Waals surface area contributed by atoms with E-state index in [0.29, 0.717) is 0 Å². The summed E-state index contributed by atoms with van der Waals surface area (Å²) in [6.45, 7) is 0. The predicted octanol–water partition coefficient (Wildman–Crippen LogP) is 0.328. The Kier molecular flexibility index (Phi) is 0.942. The largest absolute Gasteiger partial charge is 0.324 e. The lowest BCUT2D eigenvalue weighted by atomic mass is 9.94. The van der Waals surface area contributed by atoms with Crippen molar-refractivity contribution in [1.29, 1.82) is 0 Å². The minimum Gasteiger partial charge on any atom is -0.324 e. The zero-order valence-corrected chi connectivity index (χ0v) is 6.88. The molecule has 2 fully saturated rings. The lowest BCUT2D eigenvalue weighted by Crippen LogP contribution is -2.38. The highest BCUT2D eigenvalue weighted by atomic mass is 15.2. The van der Waals surface area contributed by atoms with Crippen molar-refractivity contribution in [2.75, 3.05) is 0 Å². The summed E-state index contributed by atoms with van der Waals surface area (Å²) < 4.78 is 0. The van der Waals surface area contributed by atoms with E-state index in [4.69, 9.17) is 5.73 Å². The minimum atomic E-state index is 0.0481. The highest BCUT2D eigenvalue weighted by molar-refractivity contribution is 5.32. The zero-order chi connectivity index (χ0) is 8.23. The van der Waals surface area contributed by atoms with Gasteiger partial charge < -0.3 is 5.73 Å². The van der Waals surface area contributed by atoms with Crippen LogP contribution in [0.5, 0.6) is 0 Å². The molecular formula is C8H12N4. The van der Waals surface area contributed by atoms with Crippen molar-refractivity contribution >= 4 is 0 Å². The molecule has 1 aromatic heterocycles. The van der Waals surface area contributed by atoms with Crippen LogP contribution >= 0.6 is 0 Å². The molecule has 2 aliphatic rings. The maximum absolute atomic E-state index is 6.19. The Morgan fingerprint density at radius 2 is 2.08 bits per heavy atom. The van der Waals surface area contributed by atoms with Crippen LogP contribution in [0.25, 0.3) is 0 Å². The minimum absolute atomic E-state index is 0.0481. The summed E-state index contributed by atoms with van der Waals surface area (Å²) in [5.74, 6) is 1.00. The van der Waals surface area contributed by atoms with Gasteiger partial charge in [0.05, 0.1) is 0 Å². The van der Waals surface area contributed by atoms with Gasteiger partial charge in [0.1, 0.15) is 12.2 Å². The van der Waals surface area contributed by atoms with Gasteiger partial charge in [-0.1, -0.05) is 0 Å². The van der Waals surface area contributed by atoms with E-state index in [1.807, 2.05) is 0 Å². The average molecular weight is 164 g/mol. The molecule has 0 saturated heterocycles. The molecule has 1 heterocycles. The molecule has 0 bridgehead atoms. The van der Waals surface area contributed by atoms with E-state index in [2.05, 4.69) is 15.2 Å². The van der Waals surface area contributed by atoms with E-state index < -0.39 is 0 Å². The summed E-state index contributed by atoms with van der Waals surface area (Å²) in [5, 5.41) is 6.82. The van der Waals surface area contributed by atoms with E-state index in [1.54, 1.807) is 6.33 Å². The van der Waals surface area contributed by atoms with Crippen molar-refractivity contribution in [3.8, 4) is 0 Å². The molecule has 2 saturated carbocycles. The predicted molar refractivity (Wildman–Crippen MR) is 43.4 cm³/mol. The normalized spacial score (nSPS) is 28.4. The Labute approximate surface area is 70.6 Å². The van der Waals surface area contributed by atoms with Crippen LogP contribution < -0.4 is 5.73 Å². The Hall–Kier alpha value is -0.900. The van der Waals surface area contributed by atoms with Crippen molar-refractivity contribution in [3.05, 3.63) is 12.2 Å². The van der Waals surface area contributed by atoms with Crippen LogP contribution in [0.2, 0.25) is 0 Å². The molecule has 4 nitrogen and oxygen atoms in total. The maximum Gasteiger partial charge on any atom is 0.137 e. The van der Waals surface area contributed by atoms with Gasteiger partial charge in [-0.05, 0) is 25.7 Å². The van der Waals surface area contributed by atoms with Crippen molar-refractivity contribution in [2.24, 2.45) is 5.73 Å². The molecule has 0 amide bonds. The lowest BCUT2D eigenvalue weighted by molar-refractivity contribution is 0.479. The summed E-state index contributed by atoms with van der Waals surface area (Å²) in [4.78, 5) is 4.21. The van der Waals surface area contributed by atoms with Gasteiger partial charge in [0.25, 0.3) is 0 Å². The van der Waals surface area contributed by atoms with Gasteiger partial charge in [-0.15, -0.1) is 0 Å². The molecule has 4 heteroatoms. The molecule has 0 radical (unpaired) electrons. The van der Waals surface area contributed by atoms with Crippen molar-refractivity contribution in [1.82, 2.24) is 15.2 Å². The summed E-state index contributed by atoms with van der Waals surface area (Å²) in [6.07, 6.45) is 6.22. The van der Waals surface area contributed by atoms with Crippen molar-refractivity contribution in [3.63, 3.8) is 0 Å². The summed E-state index contributed by atoms with van der Waals surface area (Å²) in [5.41, 5.74) is 6.41. The fourth-order valence-corrected chi connectivity index (χ4v) is 2.14. The molecule has 1 aromatic rings. The molecular weight excluding hydrogens is 152 g/mol. The fourth-order valence-electron chi connectivity index (χ4n) is 2.14. The molecule has 2 aliphatic carbocycles. The quantitative estimate of drug-likeness (QED) is 0.661. The van der Waals surface area contributed by atoms with Gasteiger partial charge in [-0.2, -0.15) is 5.10 Å². The SMILES string of the molecule is NC1(C2(c3ncn[nH]3)CC2)CC1. The Balaban J connectivity index is 2.02. The summed E-state index contributed by atoms with van der Waals surface area (Å²) >= 11 is 0. The average Bonchev–Trinajstić information content (AvgIpc) is 2.96. The second kappa shape index (κ2) is 1.71. The number of hydrogen-bond acceptors (Lipinski definition) is 3. The van der Waals surface area contributed by atoms with Gasteiger partial charge in [0, 0.05) is 11.0 Å². The number of aromatic amines is 1. The third kappa shape index (κ3) is 0.617. The highest BCUT2D eigenvalue weighted by Gasteiger charge is 2.65. The standard InChI is InChI=1S/C8H12N4/c9-8(3-4-8)7(1-2-7)6-10-5-11-12-6/h5H,1-4,9H2,(H,10,11,12). The Morgan fingerprint density at radius 3 is 2.50 bits per heavy atom. The molecule has 0 atom stereocenters. The van der Waals surface area contributed by atoms with Crippen molar-refractivity contribution < 1.29 is 0 Å². The monoisotopic (exact) mass is 164 g/mol. The Morgan fingerprint density at radius 1 is 1.33 bits per heavy atom. The summed E-state index contributed by atoms with van der Waals surface area (Å²) in [7, 11) is 0. The molecule has 12 heavy (non-hydrogen) atoms. The maximum atomic E-state index is 6.19. The lowest BCUT2D eigenvalue weighted by Gasteiger charge is -2.19. The first-order chi connectivity index (χ1) is 5.77. The van der Waals surface area contributed by atoms with Gasteiger partial charge in [-0.3, -0.25) is 5.10 Å². The van der Waals surface area contributed by atoms with Crippen LogP contribution in [0.4, 0.5) is 0 Å². The number of H-pyrrole nitrogens is 1. The van der Waals surface area contributed by atoms with Gasteiger partial charge in [0.15, 0.2) is 0 Å². The fraction of sp³-hybridized carbons (Fsp3) is 0.750. The van der Waals surface area contributed by atoms with Crippen LogP contribution in [0, 0.1) is 0 Å². The van der Waals surface area contributed by atoms with Crippen LogP contribution in [0.3, 0.4) is 0 Å². The van der Waals surface area contributed by atoms with E-state index in [-0.39, 0.29) is 11.0 Å². The topological polar surface area (TPSA) is 67.6 Å². The van der Waals surface area contributed by atoms with E-state index in [0.717, 1.165) is 18.7 Å². The third-order valence-electron chi connectivity index (χ3n) is 3.36. The number of nitrogens with zero attached hydrogens (tertiary/aromatic N) is 2. The molecule has 3 N–H and O–H groups in total. The number of hydrogen-bond donors (Lipinski definition) is 2. The second-order valence-corrected chi connectivity index (χ2v) is 4.07. The van der Waals surface area contributed by atoms with Crippen LogP contribution in [0.1, 0.15) is 31.5 Å². The number of nitrogens with two attached hydrogens (primary N) is 1. The van der Waals surface area contributed by atoms with Gasteiger partial charge in [-0.25, -0.2) is 4.98 Å². The molecule has 0 aliphatic heterocycles. The first-order valence-electron chi connectivity index (χ1n) is 4.42. The first-order valence-corrected chi connectivity index (χ1v) is 4.42.